The van der Waals surface area contributed by atoms with Gasteiger partial charge in [-0.2, -0.15) is 0 Å². The zero-order valence-electron chi connectivity index (χ0n) is 19.0. The Balaban J connectivity index is 1.94. The monoisotopic (exact) mass is 432 g/mol. The summed E-state index contributed by atoms with van der Waals surface area (Å²) in [5, 5.41) is 0. The third kappa shape index (κ3) is 6.12. The standard InChI is InChI=1S/C24H29BN4O3/c1-18-8-10-20(11-9-18)15-28-16-22(30)29(13-5-12-25)24(31)27(3)17-26-23(28)32-21-7-4-6-19(2)14-21/h4,6-11,14H,5,12-13,15-17H2,1-3H3. The van der Waals surface area contributed by atoms with Crippen LogP contribution in [0.15, 0.2) is 53.5 Å². The van der Waals surface area contributed by atoms with E-state index in [1.807, 2.05) is 62.4 Å². The number of carbonyl (C=O) groups excluding carboxylic acids is 2. The number of aliphatic imine (C=N–C) groups is 1. The Kier molecular flexibility index (Phi) is 7.92. The number of carbonyl (C=O) groups is 2. The SMILES string of the molecule is [B]CCCN1C(=O)CN(Cc2ccc(C)cc2)C(Oc2cccc(C)c2)=NCN(C)C1=O. The zero-order chi connectivity index (χ0) is 23.1. The summed E-state index contributed by atoms with van der Waals surface area (Å²) in [5.41, 5.74) is 3.21. The molecule has 2 aromatic carbocycles. The average molecular weight is 432 g/mol. The number of hydrogen-bond donors (Lipinski definition) is 0. The molecule has 0 saturated carbocycles. The third-order valence-corrected chi connectivity index (χ3v) is 5.15. The maximum absolute atomic E-state index is 13.2. The van der Waals surface area contributed by atoms with Crippen LogP contribution in [0.4, 0.5) is 4.79 Å². The molecule has 7 nitrogen and oxygen atoms in total. The van der Waals surface area contributed by atoms with Crippen LogP contribution in [-0.2, 0) is 11.3 Å². The molecule has 8 heteroatoms. The van der Waals surface area contributed by atoms with Gasteiger partial charge in [-0.05, 0) is 43.5 Å². The van der Waals surface area contributed by atoms with Gasteiger partial charge in [0.15, 0.2) is 0 Å². The summed E-state index contributed by atoms with van der Waals surface area (Å²) < 4.78 is 6.13. The van der Waals surface area contributed by atoms with Crippen LogP contribution in [-0.4, -0.2) is 67.3 Å². The molecule has 0 unspecified atom stereocenters. The molecule has 1 aliphatic rings. The Morgan fingerprint density at radius 3 is 2.50 bits per heavy atom. The highest BCUT2D eigenvalue weighted by atomic mass is 16.5. The van der Waals surface area contributed by atoms with Crippen molar-refractivity contribution in [3.8, 4) is 5.75 Å². The van der Waals surface area contributed by atoms with E-state index in [9.17, 15) is 9.59 Å². The molecule has 3 amide bonds. The van der Waals surface area contributed by atoms with Gasteiger partial charge in [-0.15, -0.1) is 0 Å². The van der Waals surface area contributed by atoms with Crippen molar-refractivity contribution < 1.29 is 14.3 Å². The van der Waals surface area contributed by atoms with E-state index in [-0.39, 0.29) is 31.7 Å². The van der Waals surface area contributed by atoms with Crippen molar-refractivity contribution in [1.29, 1.82) is 0 Å². The van der Waals surface area contributed by atoms with Crippen LogP contribution in [0.2, 0.25) is 6.32 Å². The number of ether oxygens (including phenoxy) is 1. The predicted octanol–water partition coefficient (Wildman–Crippen LogP) is 3.37. The number of aryl methyl sites for hydroxylation is 2. The van der Waals surface area contributed by atoms with Crippen LogP contribution < -0.4 is 4.74 Å². The van der Waals surface area contributed by atoms with Gasteiger partial charge in [0.2, 0.25) is 5.91 Å². The van der Waals surface area contributed by atoms with Gasteiger partial charge in [0, 0.05) is 20.1 Å². The van der Waals surface area contributed by atoms with E-state index in [0.29, 0.717) is 31.1 Å². The van der Waals surface area contributed by atoms with E-state index in [2.05, 4.69) is 4.99 Å². The Hall–Kier alpha value is -3.29. The molecule has 1 aliphatic heterocycles. The van der Waals surface area contributed by atoms with Crippen molar-refractivity contribution in [1.82, 2.24) is 14.7 Å². The topological polar surface area (TPSA) is 65.5 Å². The van der Waals surface area contributed by atoms with Crippen LogP contribution in [0, 0.1) is 13.8 Å². The smallest absolute Gasteiger partial charge is 0.327 e. The highest BCUT2D eigenvalue weighted by Gasteiger charge is 2.29. The normalized spacial score (nSPS) is 15.2. The van der Waals surface area contributed by atoms with Gasteiger partial charge in [-0.25, -0.2) is 9.79 Å². The lowest BCUT2D eigenvalue weighted by atomic mass is 10.0. The van der Waals surface area contributed by atoms with E-state index in [4.69, 9.17) is 12.6 Å². The van der Waals surface area contributed by atoms with Crippen molar-refractivity contribution in [2.75, 3.05) is 26.8 Å². The van der Waals surface area contributed by atoms with Gasteiger partial charge < -0.3 is 14.5 Å². The second-order valence-electron chi connectivity index (χ2n) is 8.01. The summed E-state index contributed by atoms with van der Waals surface area (Å²) in [6, 6.07) is 15.6. The molecule has 0 fully saturated rings. The first-order valence-corrected chi connectivity index (χ1v) is 10.7. The second-order valence-corrected chi connectivity index (χ2v) is 8.01. The molecule has 0 aliphatic carbocycles. The Morgan fingerprint density at radius 2 is 1.81 bits per heavy atom. The molecule has 0 saturated heterocycles. The lowest BCUT2D eigenvalue weighted by Gasteiger charge is -2.27. The minimum absolute atomic E-state index is 0.0390. The molecule has 0 N–H and O–H groups in total. The first kappa shape index (κ1) is 23.4. The average Bonchev–Trinajstić information content (AvgIpc) is 2.80. The number of benzene rings is 2. The van der Waals surface area contributed by atoms with Crippen LogP contribution >= 0.6 is 0 Å². The predicted molar refractivity (Wildman–Crippen MR) is 126 cm³/mol. The number of amides is 3. The zero-order valence-corrected chi connectivity index (χ0v) is 19.0. The highest BCUT2D eigenvalue weighted by molar-refractivity contribution is 6.08. The van der Waals surface area contributed by atoms with Crippen molar-refractivity contribution in [2.45, 2.75) is 33.1 Å². The van der Waals surface area contributed by atoms with E-state index in [0.717, 1.165) is 16.7 Å². The lowest BCUT2D eigenvalue weighted by Crippen LogP contribution is -2.48. The van der Waals surface area contributed by atoms with Crippen molar-refractivity contribution in [3.05, 3.63) is 65.2 Å². The van der Waals surface area contributed by atoms with Gasteiger partial charge in [-0.1, -0.05) is 48.3 Å². The maximum Gasteiger partial charge on any atom is 0.327 e. The first-order valence-electron chi connectivity index (χ1n) is 10.7. The summed E-state index contributed by atoms with van der Waals surface area (Å²) in [5.74, 6) is 0.308. The van der Waals surface area contributed by atoms with E-state index < -0.39 is 0 Å². The van der Waals surface area contributed by atoms with Crippen molar-refractivity contribution in [2.24, 2.45) is 4.99 Å². The molecular weight excluding hydrogens is 403 g/mol. The number of nitrogens with zero attached hydrogens (tertiary/aromatic N) is 4. The highest BCUT2D eigenvalue weighted by Crippen LogP contribution is 2.17. The van der Waals surface area contributed by atoms with Crippen molar-refractivity contribution >= 4 is 25.8 Å². The van der Waals surface area contributed by atoms with Gasteiger partial charge in [0.1, 0.15) is 19.0 Å². The molecule has 2 radical (unpaired) electrons. The van der Waals surface area contributed by atoms with E-state index in [1.165, 1.54) is 9.80 Å². The number of amidine groups is 1. The first-order chi connectivity index (χ1) is 15.4. The fraction of sp³-hybridized carbons (Fsp3) is 0.375. The molecule has 1 heterocycles. The largest absolute Gasteiger partial charge is 0.426 e. The van der Waals surface area contributed by atoms with Crippen molar-refractivity contribution in [3.63, 3.8) is 0 Å². The second kappa shape index (κ2) is 10.8. The van der Waals surface area contributed by atoms with Crippen LogP contribution in [0.5, 0.6) is 5.75 Å². The Bertz CT molecular complexity index is 977. The molecule has 0 spiro atoms. The van der Waals surface area contributed by atoms with Crippen LogP contribution in [0.3, 0.4) is 0 Å². The van der Waals surface area contributed by atoms with Gasteiger partial charge >= 0.3 is 6.03 Å². The van der Waals surface area contributed by atoms with Crippen LogP contribution in [0.25, 0.3) is 0 Å². The summed E-state index contributed by atoms with van der Waals surface area (Å²) in [6.07, 6.45) is 0.933. The lowest BCUT2D eigenvalue weighted by molar-refractivity contribution is -0.129. The van der Waals surface area contributed by atoms with Gasteiger partial charge in [-0.3, -0.25) is 9.69 Å². The summed E-state index contributed by atoms with van der Waals surface area (Å²) in [7, 11) is 7.24. The quantitative estimate of drug-likeness (QED) is 0.657. The molecular formula is C24H29BN4O3. The molecule has 3 rings (SSSR count). The maximum atomic E-state index is 13.2. The minimum Gasteiger partial charge on any atom is -0.426 e. The van der Waals surface area contributed by atoms with Gasteiger partial charge in [0.25, 0.3) is 6.02 Å². The number of imide groups is 1. The summed E-state index contributed by atoms with van der Waals surface area (Å²) in [6.45, 7) is 4.72. The van der Waals surface area contributed by atoms with E-state index >= 15 is 0 Å². The summed E-state index contributed by atoms with van der Waals surface area (Å²) >= 11 is 0. The molecule has 0 bridgehead atoms. The molecule has 0 atom stereocenters. The third-order valence-electron chi connectivity index (χ3n) is 5.15. The minimum atomic E-state index is -0.390. The molecule has 166 valence electrons. The Labute approximate surface area is 191 Å². The van der Waals surface area contributed by atoms with Gasteiger partial charge in [0.05, 0.1) is 7.85 Å². The summed E-state index contributed by atoms with van der Waals surface area (Å²) in [4.78, 5) is 35.0. The fourth-order valence-corrected chi connectivity index (χ4v) is 3.34. The Morgan fingerprint density at radius 1 is 1.06 bits per heavy atom. The number of hydrogen-bond acceptors (Lipinski definition) is 5. The molecule has 32 heavy (non-hydrogen) atoms. The van der Waals surface area contributed by atoms with Crippen LogP contribution in [0.1, 0.15) is 23.1 Å². The fourth-order valence-electron chi connectivity index (χ4n) is 3.34. The van der Waals surface area contributed by atoms with E-state index in [1.54, 1.807) is 11.9 Å². The number of urea groups is 1. The molecule has 2 aromatic rings. The number of rotatable bonds is 6. The molecule has 0 aromatic heterocycles.